The molecule has 0 bridgehead atoms. The number of rotatable bonds is 5. The Kier molecular flexibility index (Phi) is 6.49. The fourth-order valence-corrected chi connectivity index (χ4v) is 5.92. The van der Waals surface area contributed by atoms with Crippen LogP contribution in [0.2, 0.25) is 0 Å². The van der Waals surface area contributed by atoms with Gasteiger partial charge in [0.2, 0.25) is 5.78 Å². The molecule has 1 heterocycles. The van der Waals surface area contributed by atoms with Crippen LogP contribution in [0, 0.1) is 0 Å². The molecular formula is C27H31NO9. The second kappa shape index (κ2) is 9.38. The minimum atomic E-state index is -1.50. The van der Waals surface area contributed by atoms with Crippen LogP contribution >= 0.6 is 0 Å². The lowest BCUT2D eigenvalue weighted by molar-refractivity contribution is -0.226. The Labute approximate surface area is 213 Å². The van der Waals surface area contributed by atoms with Gasteiger partial charge in [-0.05, 0) is 25.8 Å². The van der Waals surface area contributed by atoms with Gasteiger partial charge < -0.3 is 40.4 Å². The minimum absolute atomic E-state index is 0.00220. The minimum Gasteiger partial charge on any atom is -0.507 e. The number of ketones is 2. The first-order valence-corrected chi connectivity index (χ1v) is 12.3. The Morgan fingerprint density at radius 3 is 2.51 bits per heavy atom. The molecule has 37 heavy (non-hydrogen) atoms. The van der Waals surface area contributed by atoms with E-state index in [1.165, 1.54) is 19.2 Å². The van der Waals surface area contributed by atoms with Crippen LogP contribution in [0.5, 0.6) is 17.2 Å². The Morgan fingerprint density at radius 1 is 1.11 bits per heavy atom. The van der Waals surface area contributed by atoms with Gasteiger partial charge in [-0.15, -0.1) is 0 Å². The lowest BCUT2D eigenvalue weighted by Crippen LogP contribution is -2.44. The number of aromatic hydroxyl groups is 2. The predicted octanol–water partition coefficient (Wildman–Crippen LogP) is 1.85. The van der Waals surface area contributed by atoms with Crippen molar-refractivity contribution in [2.24, 2.45) is 5.73 Å². The molecule has 5 atom stereocenters. The molecule has 2 unspecified atom stereocenters. The summed E-state index contributed by atoms with van der Waals surface area (Å²) in [4.78, 5) is 27.1. The largest absolute Gasteiger partial charge is 0.507 e. The molecular weight excluding hydrogens is 482 g/mol. The number of phenolic OH excluding ortho intramolecular Hbond substituents is 2. The molecule has 10 heteroatoms. The number of fused-ring (bicyclic) bond motifs is 3. The van der Waals surface area contributed by atoms with Gasteiger partial charge in [0, 0.05) is 48.6 Å². The number of aliphatic hydroxyl groups is 2. The van der Waals surface area contributed by atoms with Gasteiger partial charge >= 0.3 is 0 Å². The molecule has 0 spiro atoms. The maximum atomic E-state index is 13.6. The Bertz CT molecular complexity index is 1270. The van der Waals surface area contributed by atoms with Crippen molar-refractivity contribution in [1.82, 2.24) is 0 Å². The van der Waals surface area contributed by atoms with Crippen molar-refractivity contribution in [3.63, 3.8) is 0 Å². The van der Waals surface area contributed by atoms with Crippen molar-refractivity contribution in [3.8, 4) is 17.2 Å². The number of carbonyl (C=O) groups excluding carboxylic acids is 2. The van der Waals surface area contributed by atoms with E-state index in [4.69, 9.17) is 19.9 Å². The molecule has 2 aliphatic carbocycles. The van der Waals surface area contributed by atoms with Gasteiger partial charge in [0.1, 0.15) is 17.2 Å². The van der Waals surface area contributed by atoms with Crippen molar-refractivity contribution in [2.45, 2.75) is 69.2 Å². The summed E-state index contributed by atoms with van der Waals surface area (Å²) in [7, 11) is 1.37. The SMILES string of the molecule is COc1cccc2c1C(=O)c1c(O)c3c(c(O)c1C2=O)C[C@@](O)(CCO)C[C@@H]3OC1C[C@H](N)CC(C)O1. The monoisotopic (exact) mass is 513 g/mol. The lowest BCUT2D eigenvalue weighted by Gasteiger charge is -2.42. The molecule has 1 fully saturated rings. The molecule has 198 valence electrons. The van der Waals surface area contributed by atoms with Crippen LogP contribution in [0.15, 0.2) is 18.2 Å². The summed E-state index contributed by atoms with van der Waals surface area (Å²) in [6, 6.07) is 4.37. The van der Waals surface area contributed by atoms with Crippen molar-refractivity contribution in [1.29, 1.82) is 0 Å². The molecule has 0 aromatic heterocycles. The van der Waals surface area contributed by atoms with Gasteiger partial charge in [0.05, 0.1) is 41.6 Å². The summed E-state index contributed by atoms with van der Waals surface area (Å²) in [5, 5.41) is 43.8. The maximum Gasteiger partial charge on any atom is 0.202 e. The second-order valence-corrected chi connectivity index (χ2v) is 10.2. The molecule has 10 nitrogen and oxygen atoms in total. The van der Waals surface area contributed by atoms with Crippen LogP contribution in [-0.2, 0) is 15.9 Å². The maximum absolute atomic E-state index is 13.6. The first-order chi connectivity index (χ1) is 17.6. The summed E-state index contributed by atoms with van der Waals surface area (Å²) >= 11 is 0. The highest BCUT2D eigenvalue weighted by atomic mass is 16.7. The summed E-state index contributed by atoms with van der Waals surface area (Å²) in [5.41, 5.74) is 4.20. The number of benzene rings is 2. The third-order valence-electron chi connectivity index (χ3n) is 7.56. The highest BCUT2D eigenvalue weighted by Crippen LogP contribution is 2.52. The predicted molar refractivity (Wildman–Crippen MR) is 130 cm³/mol. The highest BCUT2D eigenvalue weighted by Gasteiger charge is 2.47. The van der Waals surface area contributed by atoms with Crippen LogP contribution in [0.4, 0.5) is 0 Å². The van der Waals surface area contributed by atoms with Crippen LogP contribution in [0.25, 0.3) is 0 Å². The fourth-order valence-electron chi connectivity index (χ4n) is 5.92. The molecule has 0 saturated carbocycles. The van der Waals surface area contributed by atoms with Gasteiger partial charge in [0.15, 0.2) is 12.1 Å². The zero-order valence-electron chi connectivity index (χ0n) is 20.7. The number of phenols is 2. The van der Waals surface area contributed by atoms with Gasteiger partial charge in [-0.2, -0.15) is 0 Å². The molecule has 0 radical (unpaired) electrons. The van der Waals surface area contributed by atoms with E-state index in [1.54, 1.807) is 6.07 Å². The Hall–Kier alpha value is -3.02. The molecule has 0 amide bonds. The molecule has 3 aliphatic rings. The summed E-state index contributed by atoms with van der Waals surface area (Å²) in [5.74, 6) is -2.15. The van der Waals surface area contributed by atoms with Gasteiger partial charge in [0.25, 0.3) is 0 Å². The van der Waals surface area contributed by atoms with Gasteiger partial charge in [-0.3, -0.25) is 9.59 Å². The van der Waals surface area contributed by atoms with E-state index in [9.17, 15) is 30.0 Å². The van der Waals surface area contributed by atoms with E-state index in [-0.39, 0.29) is 77.1 Å². The van der Waals surface area contributed by atoms with Crippen LogP contribution < -0.4 is 10.5 Å². The topological polar surface area (TPSA) is 169 Å². The summed E-state index contributed by atoms with van der Waals surface area (Å²) < 4.78 is 17.4. The zero-order chi connectivity index (χ0) is 26.6. The highest BCUT2D eigenvalue weighted by molar-refractivity contribution is 6.31. The fraction of sp³-hybridized carbons (Fsp3) is 0.481. The molecule has 1 aliphatic heterocycles. The number of hydrogen-bond donors (Lipinski definition) is 5. The molecule has 6 N–H and O–H groups in total. The first kappa shape index (κ1) is 25.6. The van der Waals surface area contributed by atoms with E-state index >= 15 is 0 Å². The van der Waals surface area contributed by atoms with Crippen LogP contribution in [0.3, 0.4) is 0 Å². The number of hydrogen-bond acceptors (Lipinski definition) is 10. The average Bonchev–Trinajstić information content (AvgIpc) is 2.83. The summed E-state index contributed by atoms with van der Waals surface area (Å²) in [6.45, 7) is 1.53. The van der Waals surface area contributed by atoms with Crippen molar-refractivity contribution in [2.75, 3.05) is 13.7 Å². The average molecular weight is 514 g/mol. The van der Waals surface area contributed by atoms with Crippen LogP contribution in [-0.4, -0.2) is 69.7 Å². The Balaban J connectivity index is 1.68. The van der Waals surface area contributed by atoms with E-state index < -0.39 is 41.1 Å². The summed E-state index contributed by atoms with van der Waals surface area (Å²) in [6.07, 6.45) is -1.17. The van der Waals surface area contributed by atoms with E-state index in [1.807, 2.05) is 6.92 Å². The van der Waals surface area contributed by atoms with Crippen LogP contribution in [0.1, 0.15) is 81.7 Å². The van der Waals surface area contributed by atoms with Crippen molar-refractivity contribution in [3.05, 3.63) is 51.6 Å². The zero-order valence-corrected chi connectivity index (χ0v) is 20.7. The number of aliphatic hydroxyl groups excluding tert-OH is 1. The van der Waals surface area contributed by atoms with Crippen molar-refractivity contribution >= 4 is 11.6 Å². The van der Waals surface area contributed by atoms with E-state index in [0.717, 1.165) is 0 Å². The van der Waals surface area contributed by atoms with E-state index in [0.29, 0.717) is 12.8 Å². The van der Waals surface area contributed by atoms with Gasteiger partial charge in [-0.25, -0.2) is 0 Å². The molecule has 1 saturated heterocycles. The molecule has 5 rings (SSSR count). The normalized spacial score (nSPS) is 28.9. The molecule has 2 aromatic carbocycles. The second-order valence-electron chi connectivity index (χ2n) is 10.2. The number of ether oxygens (including phenoxy) is 3. The van der Waals surface area contributed by atoms with Gasteiger partial charge in [-0.1, -0.05) is 12.1 Å². The third kappa shape index (κ3) is 4.18. The third-order valence-corrected chi connectivity index (χ3v) is 7.56. The number of nitrogens with two attached hydrogens (primary N) is 1. The number of methoxy groups -OCH3 is 1. The standard InChI is InChI=1S/C27H31NO9/c1-12-8-13(28)9-18(36-12)37-17-11-27(34,6-7-29)10-15-20(17)26(33)22-21(24(15)31)23(30)14-4-3-5-16(35-2)19(14)25(22)32/h3-5,12-13,17-18,29,31,33-34H,6-11,28H2,1-2H3/t12?,13-,17+,18?,27+/m1/s1. The van der Waals surface area contributed by atoms with E-state index in [2.05, 4.69) is 0 Å². The lowest BCUT2D eigenvalue weighted by atomic mass is 9.72. The molecule has 2 aromatic rings. The smallest absolute Gasteiger partial charge is 0.202 e. The first-order valence-electron chi connectivity index (χ1n) is 12.3. The van der Waals surface area contributed by atoms with Crippen molar-refractivity contribution < 1.29 is 44.2 Å². The number of carbonyl (C=O) groups is 2. The quantitative estimate of drug-likeness (QED) is 0.317. The Morgan fingerprint density at radius 2 is 1.84 bits per heavy atom.